The average Bonchev–Trinajstić information content (AvgIpc) is 3.08. The number of aromatic nitrogens is 2. The maximum absolute atomic E-state index is 10.2. The molecule has 0 radical (unpaired) electrons. The maximum atomic E-state index is 10.2. The minimum Gasteiger partial charge on any atom is -0.394 e. The van der Waals surface area contributed by atoms with Crippen LogP contribution < -0.4 is 0 Å². The Kier molecular flexibility index (Phi) is 3.91. The third-order valence-corrected chi connectivity index (χ3v) is 5.09. The number of ether oxygens (including phenoxy) is 1. The van der Waals surface area contributed by atoms with E-state index in [9.17, 15) is 15.3 Å². The molecular formula is C16H14Cl2N2O4. The molecule has 4 atom stereocenters. The van der Waals surface area contributed by atoms with Crippen molar-refractivity contribution < 1.29 is 20.1 Å². The van der Waals surface area contributed by atoms with Gasteiger partial charge >= 0.3 is 0 Å². The summed E-state index contributed by atoms with van der Waals surface area (Å²) in [6, 6.07) is 7.26. The van der Waals surface area contributed by atoms with E-state index in [-0.39, 0.29) is 6.61 Å². The maximum Gasteiger partial charge on any atom is 0.164 e. The Morgan fingerprint density at radius 2 is 1.71 bits per heavy atom. The molecule has 1 aliphatic heterocycles. The van der Waals surface area contributed by atoms with Gasteiger partial charge in [-0.1, -0.05) is 23.2 Å². The summed E-state index contributed by atoms with van der Waals surface area (Å²) in [4.78, 5) is 4.33. The molecule has 24 heavy (non-hydrogen) atoms. The first-order chi connectivity index (χ1) is 11.5. The quantitative estimate of drug-likeness (QED) is 0.644. The number of hydrogen-bond acceptors (Lipinski definition) is 5. The Bertz CT molecular complexity index is 929. The smallest absolute Gasteiger partial charge is 0.164 e. The molecule has 1 fully saturated rings. The molecule has 1 aromatic heterocycles. The molecule has 2 aromatic carbocycles. The van der Waals surface area contributed by atoms with Crippen LogP contribution in [0.3, 0.4) is 0 Å². The molecule has 2 heterocycles. The Balaban J connectivity index is 1.85. The zero-order chi connectivity index (χ0) is 17.0. The Labute approximate surface area is 146 Å². The van der Waals surface area contributed by atoms with Crippen LogP contribution in [0.1, 0.15) is 6.23 Å². The number of nitrogens with zero attached hydrogens (tertiary/aromatic N) is 2. The molecular weight excluding hydrogens is 355 g/mol. The van der Waals surface area contributed by atoms with Crippen molar-refractivity contribution in [2.75, 3.05) is 6.61 Å². The highest BCUT2D eigenvalue weighted by molar-refractivity contribution is 6.42. The molecule has 0 unspecified atom stereocenters. The van der Waals surface area contributed by atoms with Crippen LogP contribution in [0.5, 0.6) is 0 Å². The molecule has 8 heteroatoms. The summed E-state index contributed by atoms with van der Waals surface area (Å²) in [6.45, 7) is -0.377. The lowest BCUT2D eigenvalue weighted by atomic mass is 10.1. The zero-order valence-corrected chi connectivity index (χ0v) is 13.8. The first-order valence-corrected chi connectivity index (χ1v) is 8.13. The summed E-state index contributed by atoms with van der Waals surface area (Å²) in [5, 5.41) is 32.0. The zero-order valence-electron chi connectivity index (χ0n) is 12.3. The summed E-state index contributed by atoms with van der Waals surface area (Å²) < 4.78 is 7.21. The number of benzene rings is 2. The van der Waals surface area contributed by atoms with Crippen LogP contribution in [0.2, 0.25) is 10.0 Å². The molecule has 1 aliphatic rings. The van der Waals surface area contributed by atoms with Crippen molar-refractivity contribution in [1.82, 2.24) is 9.55 Å². The van der Waals surface area contributed by atoms with Crippen LogP contribution in [0.25, 0.3) is 21.8 Å². The van der Waals surface area contributed by atoms with E-state index < -0.39 is 24.5 Å². The Morgan fingerprint density at radius 1 is 1.04 bits per heavy atom. The van der Waals surface area contributed by atoms with Crippen LogP contribution in [-0.4, -0.2) is 49.8 Å². The summed E-state index contributed by atoms with van der Waals surface area (Å²) >= 11 is 12.1. The summed E-state index contributed by atoms with van der Waals surface area (Å²) in [5.41, 5.74) is 1.41. The fourth-order valence-electron chi connectivity index (χ4n) is 3.08. The lowest BCUT2D eigenvalue weighted by Gasteiger charge is -2.17. The van der Waals surface area contributed by atoms with E-state index in [0.29, 0.717) is 15.6 Å². The van der Waals surface area contributed by atoms with Gasteiger partial charge in [-0.25, -0.2) is 4.98 Å². The second kappa shape index (κ2) is 5.84. The molecule has 6 nitrogen and oxygen atoms in total. The van der Waals surface area contributed by atoms with Gasteiger partial charge in [0, 0.05) is 0 Å². The highest BCUT2D eigenvalue weighted by Gasteiger charge is 2.43. The first-order valence-electron chi connectivity index (χ1n) is 7.37. The van der Waals surface area contributed by atoms with Crippen LogP contribution >= 0.6 is 23.2 Å². The number of halogens is 2. The van der Waals surface area contributed by atoms with E-state index in [1.54, 1.807) is 16.7 Å². The minimum atomic E-state index is -1.16. The molecule has 126 valence electrons. The lowest BCUT2D eigenvalue weighted by Crippen LogP contribution is -2.33. The third-order valence-electron chi connectivity index (χ3n) is 4.36. The second-order valence-electron chi connectivity index (χ2n) is 5.84. The van der Waals surface area contributed by atoms with Gasteiger partial charge in [-0.2, -0.15) is 0 Å². The Morgan fingerprint density at radius 3 is 2.33 bits per heavy atom. The highest BCUT2D eigenvalue weighted by atomic mass is 35.5. The monoisotopic (exact) mass is 368 g/mol. The van der Waals surface area contributed by atoms with Gasteiger partial charge in [0.05, 0.1) is 34.0 Å². The van der Waals surface area contributed by atoms with Gasteiger partial charge in [-0.15, -0.1) is 0 Å². The van der Waals surface area contributed by atoms with Gasteiger partial charge in [0.25, 0.3) is 0 Å². The van der Waals surface area contributed by atoms with Crippen molar-refractivity contribution in [1.29, 1.82) is 0 Å². The predicted octanol–water partition coefficient (Wildman–Crippen LogP) is 2.11. The molecule has 1 saturated heterocycles. The predicted molar refractivity (Wildman–Crippen MR) is 90.3 cm³/mol. The van der Waals surface area contributed by atoms with Crippen molar-refractivity contribution in [3.8, 4) is 0 Å². The molecule has 3 N–H and O–H groups in total. The number of fused-ring (bicyclic) bond motifs is 2. The number of rotatable bonds is 2. The number of hydrogen-bond donors (Lipinski definition) is 3. The van der Waals surface area contributed by atoms with Gasteiger partial charge in [-0.05, 0) is 35.0 Å². The van der Waals surface area contributed by atoms with Crippen LogP contribution in [0, 0.1) is 0 Å². The van der Waals surface area contributed by atoms with E-state index in [2.05, 4.69) is 4.98 Å². The fourth-order valence-corrected chi connectivity index (χ4v) is 3.42. The van der Waals surface area contributed by atoms with Crippen molar-refractivity contribution in [2.24, 2.45) is 0 Å². The van der Waals surface area contributed by atoms with E-state index in [1.165, 1.54) is 6.33 Å². The van der Waals surface area contributed by atoms with Gasteiger partial charge in [0.1, 0.15) is 18.3 Å². The SMILES string of the molecule is OC[C@H]1O[C@@H](n2cnc3cc4cc(Cl)c(Cl)cc4cc32)[C@H](O)[C@@H]1O. The minimum absolute atomic E-state index is 0.377. The molecule has 3 aromatic rings. The number of imidazole rings is 1. The van der Waals surface area contributed by atoms with Gasteiger partial charge < -0.3 is 24.6 Å². The van der Waals surface area contributed by atoms with E-state index in [0.717, 1.165) is 16.3 Å². The highest BCUT2D eigenvalue weighted by Crippen LogP contribution is 2.34. The largest absolute Gasteiger partial charge is 0.394 e. The molecule has 0 saturated carbocycles. The van der Waals surface area contributed by atoms with Crippen LogP contribution in [-0.2, 0) is 4.74 Å². The Hall–Kier alpha value is -1.41. The van der Waals surface area contributed by atoms with Crippen molar-refractivity contribution in [2.45, 2.75) is 24.5 Å². The average molecular weight is 369 g/mol. The van der Waals surface area contributed by atoms with Gasteiger partial charge in [0.2, 0.25) is 0 Å². The van der Waals surface area contributed by atoms with Crippen LogP contribution in [0.4, 0.5) is 0 Å². The van der Waals surface area contributed by atoms with Gasteiger partial charge in [0.15, 0.2) is 6.23 Å². The molecule has 0 spiro atoms. The van der Waals surface area contributed by atoms with Crippen molar-refractivity contribution in [3.63, 3.8) is 0 Å². The van der Waals surface area contributed by atoms with Crippen LogP contribution in [0.15, 0.2) is 30.6 Å². The molecule has 4 rings (SSSR count). The number of aliphatic hydroxyl groups excluding tert-OH is 3. The normalized spacial score (nSPS) is 27.4. The summed E-state index contributed by atoms with van der Waals surface area (Å²) in [7, 11) is 0. The topological polar surface area (TPSA) is 87.7 Å². The summed E-state index contributed by atoms with van der Waals surface area (Å²) in [6.07, 6.45) is -2.46. The molecule has 0 bridgehead atoms. The fraction of sp³-hybridized carbons (Fsp3) is 0.312. The number of aliphatic hydroxyl groups is 3. The van der Waals surface area contributed by atoms with E-state index >= 15 is 0 Å². The standard InChI is InChI=1S/C16H14Cl2N2O4/c17-9-1-7-3-11-12(4-8(7)2-10(9)18)20(6-19-11)16-15(23)14(22)13(5-21)24-16/h1-4,6,13-16,21-23H,5H2/t13-,14-,15-,16-/m1/s1. The second-order valence-corrected chi connectivity index (χ2v) is 6.65. The van der Waals surface area contributed by atoms with E-state index in [4.69, 9.17) is 27.9 Å². The van der Waals surface area contributed by atoms with Crippen molar-refractivity contribution in [3.05, 3.63) is 40.6 Å². The molecule has 0 amide bonds. The third kappa shape index (κ3) is 2.38. The van der Waals surface area contributed by atoms with E-state index in [1.807, 2.05) is 12.1 Å². The van der Waals surface area contributed by atoms with Gasteiger partial charge in [-0.3, -0.25) is 0 Å². The lowest BCUT2D eigenvalue weighted by molar-refractivity contribution is -0.0508. The summed E-state index contributed by atoms with van der Waals surface area (Å²) in [5.74, 6) is 0. The molecule has 0 aliphatic carbocycles. The first kappa shape index (κ1) is 16.1. The van der Waals surface area contributed by atoms with Crippen molar-refractivity contribution >= 4 is 45.0 Å².